The van der Waals surface area contributed by atoms with E-state index < -0.39 is 22.4 Å². The third kappa shape index (κ3) is 2.79. The van der Waals surface area contributed by atoms with Gasteiger partial charge in [-0.1, -0.05) is 11.8 Å². The van der Waals surface area contributed by atoms with Crippen molar-refractivity contribution in [1.29, 1.82) is 0 Å². The molecule has 0 amide bonds. The van der Waals surface area contributed by atoms with Crippen LogP contribution in [0, 0.1) is 17.7 Å². The Hall–Kier alpha value is -1.42. The number of rotatable bonds is 2. The predicted octanol–water partition coefficient (Wildman–Crippen LogP) is 0.0776. The second-order valence-corrected chi connectivity index (χ2v) is 4.66. The van der Waals surface area contributed by atoms with Gasteiger partial charge in [-0.25, -0.2) is 17.5 Å². The number of benzene rings is 1. The zero-order valence-electron chi connectivity index (χ0n) is 8.49. The van der Waals surface area contributed by atoms with Crippen LogP contribution in [0.2, 0.25) is 0 Å². The predicted molar refractivity (Wildman–Crippen MR) is 56.6 cm³/mol. The molecule has 0 heterocycles. The fraction of sp³-hybridized carbons (Fsp3) is 0.200. The van der Waals surface area contributed by atoms with Crippen LogP contribution in [-0.2, 0) is 10.0 Å². The Bertz CT molecular complexity index is 543. The van der Waals surface area contributed by atoms with E-state index in [1.54, 1.807) is 0 Å². The zero-order chi connectivity index (χ0) is 12.2. The molecule has 0 unspecified atom stereocenters. The van der Waals surface area contributed by atoms with Crippen molar-refractivity contribution in [3.05, 3.63) is 29.6 Å². The van der Waals surface area contributed by atoms with Gasteiger partial charge in [0.15, 0.2) is 0 Å². The van der Waals surface area contributed by atoms with Gasteiger partial charge in [-0.3, -0.25) is 0 Å². The van der Waals surface area contributed by atoms with Gasteiger partial charge in [0.2, 0.25) is 10.0 Å². The highest BCUT2D eigenvalue weighted by Crippen LogP contribution is 2.15. The third-order valence-electron chi connectivity index (χ3n) is 1.80. The van der Waals surface area contributed by atoms with Crippen LogP contribution in [0.3, 0.4) is 0 Å². The molecule has 6 heteroatoms. The molecule has 16 heavy (non-hydrogen) atoms. The van der Waals surface area contributed by atoms with E-state index in [0.717, 1.165) is 18.2 Å². The second-order valence-electron chi connectivity index (χ2n) is 2.81. The maximum atomic E-state index is 12.9. The van der Waals surface area contributed by atoms with Gasteiger partial charge in [0.05, 0.1) is 4.90 Å². The summed E-state index contributed by atoms with van der Waals surface area (Å²) in [4.78, 5) is -0.114. The van der Waals surface area contributed by atoms with Gasteiger partial charge in [-0.15, -0.1) is 0 Å². The first kappa shape index (κ1) is 12.6. The molecule has 1 rings (SSSR count). The lowest BCUT2D eigenvalue weighted by atomic mass is 10.2. The second kappa shape index (κ2) is 5.07. The molecular weight excluding hydrogens is 233 g/mol. The lowest BCUT2D eigenvalue weighted by Gasteiger charge is -2.04. The Morgan fingerprint density at radius 1 is 1.50 bits per heavy atom. The smallest absolute Gasteiger partial charge is 0.241 e. The van der Waals surface area contributed by atoms with Crippen LogP contribution in [-0.4, -0.2) is 27.2 Å². The topological polar surface area (TPSA) is 66.4 Å². The van der Waals surface area contributed by atoms with Crippen molar-refractivity contribution < 1.29 is 17.9 Å². The average Bonchev–Trinajstić information content (AvgIpc) is 2.26. The largest absolute Gasteiger partial charge is 0.384 e. The van der Waals surface area contributed by atoms with Gasteiger partial charge in [0.1, 0.15) is 12.4 Å². The van der Waals surface area contributed by atoms with Crippen molar-refractivity contribution in [3.63, 3.8) is 0 Å². The summed E-state index contributed by atoms with van der Waals surface area (Å²) in [5.74, 6) is 4.07. The van der Waals surface area contributed by atoms with E-state index in [1.165, 1.54) is 7.05 Å². The van der Waals surface area contributed by atoms with Gasteiger partial charge >= 0.3 is 0 Å². The fourth-order valence-electron chi connectivity index (χ4n) is 1.08. The highest BCUT2D eigenvalue weighted by molar-refractivity contribution is 7.89. The minimum Gasteiger partial charge on any atom is -0.384 e. The molecule has 0 aliphatic rings. The molecule has 0 radical (unpaired) electrons. The Morgan fingerprint density at radius 2 is 2.19 bits per heavy atom. The van der Waals surface area contributed by atoms with Crippen LogP contribution in [0.4, 0.5) is 4.39 Å². The van der Waals surface area contributed by atoms with Crippen molar-refractivity contribution in [2.75, 3.05) is 13.7 Å². The van der Waals surface area contributed by atoms with E-state index in [1.807, 2.05) is 0 Å². The van der Waals surface area contributed by atoms with E-state index in [9.17, 15) is 12.8 Å². The number of hydrogen-bond donors (Lipinski definition) is 2. The van der Waals surface area contributed by atoms with Gasteiger partial charge in [0.25, 0.3) is 0 Å². The van der Waals surface area contributed by atoms with Crippen LogP contribution < -0.4 is 4.72 Å². The Kier molecular flexibility index (Phi) is 4.01. The normalized spacial score (nSPS) is 10.7. The molecular formula is C10H10FNO3S. The molecule has 1 aromatic rings. The van der Waals surface area contributed by atoms with E-state index in [0.29, 0.717) is 0 Å². The number of aliphatic hydroxyl groups is 1. The minimum absolute atomic E-state index is 0.0170. The van der Waals surface area contributed by atoms with E-state index in [2.05, 4.69) is 16.6 Å². The molecule has 0 saturated heterocycles. The standard InChI is InChI=1S/C10H10FNO3S/c1-12-16(14,15)10-5-4-9(11)7-8(10)3-2-6-13/h4-5,7,12-13H,6H2,1H3. The van der Waals surface area contributed by atoms with Crippen LogP contribution in [0.25, 0.3) is 0 Å². The third-order valence-corrected chi connectivity index (χ3v) is 3.27. The Morgan fingerprint density at radius 3 is 2.75 bits per heavy atom. The average molecular weight is 243 g/mol. The molecule has 0 atom stereocenters. The quantitative estimate of drug-likeness (QED) is 0.723. The SMILES string of the molecule is CNS(=O)(=O)c1ccc(F)cc1C#CCO. The number of aliphatic hydroxyl groups excluding tert-OH is 1. The summed E-state index contributed by atoms with van der Waals surface area (Å²) in [7, 11) is -2.42. The molecule has 86 valence electrons. The van der Waals surface area contributed by atoms with E-state index >= 15 is 0 Å². The minimum atomic E-state index is -3.68. The summed E-state index contributed by atoms with van der Waals surface area (Å²) in [6.45, 7) is -0.421. The number of nitrogens with one attached hydrogen (secondary N) is 1. The molecule has 0 fully saturated rings. The summed E-state index contributed by atoms with van der Waals surface area (Å²) >= 11 is 0. The van der Waals surface area contributed by atoms with Crippen LogP contribution >= 0.6 is 0 Å². The monoisotopic (exact) mass is 243 g/mol. The molecule has 4 nitrogen and oxygen atoms in total. The van der Waals surface area contributed by atoms with Gasteiger partial charge in [-0.2, -0.15) is 0 Å². The van der Waals surface area contributed by atoms with Crippen molar-refractivity contribution in [2.45, 2.75) is 4.90 Å². The maximum Gasteiger partial charge on any atom is 0.241 e. The molecule has 0 aliphatic carbocycles. The van der Waals surface area contributed by atoms with Crippen molar-refractivity contribution in [3.8, 4) is 11.8 Å². The molecule has 0 aliphatic heterocycles. The first-order valence-electron chi connectivity index (χ1n) is 4.34. The summed E-state index contributed by atoms with van der Waals surface area (Å²) in [5.41, 5.74) is 0.0170. The number of hydrogen-bond acceptors (Lipinski definition) is 3. The number of halogens is 1. The highest BCUT2D eigenvalue weighted by atomic mass is 32.2. The molecule has 1 aromatic carbocycles. The Balaban J connectivity index is 3.40. The lowest BCUT2D eigenvalue weighted by Crippen LogP contribution is -2.19. The Labute approximate surface area is 93.2 Å². The molecule has 0 bridgehead atoms. The fourth-order valence-corrected chi connectivity index (χ4v) is 1.95. The van der Waals surface area contributed by atoms with E-state index in [-0.39, 0.29) is 10.5 Å². The molecule has 0 spiro atoms. The maximum absolute atomic E-state index is 12.9. The highest BCUT2D eigenvalue weighted by Gasteiger charge is 2.15. The number of sulfonamides is 1. The lowest BCUT2D eigenvalue weighted by molar-refractivity contribution is 0.350. The van der Waals surface area contributed by atoms with Crippen molar-refractivity contribution in [1.82, 2.24) is 4.72 Å². The summed E-state index contributed by atoms with van der Waals surface area (Å²) in [5, 5.41) is 8.52. The van der Waals surface area contributed by atoms with E-state index in [4.69, 9.17) is 5.11 Å². The first-order valence-corrected chi connectivity index (χ1v) is 5.82. The molecule has 0 aromatic heterocycles. The summed E-state index contributed by atoms with van der Waals surface area (Å²) in [6, 6.07) is 3.17. The first-order chi connectivity index (χ1) is 7.51. The van der Waals surface area contributed by atoms with Gasteiger partial charge in [0, 0.05) is 5.56 Å². The summed E-state index contributed by atoms with van der Waals surface area (Å²) < 4.78 is 38.1. The molecule has 0 saturated carbocycles. The molecule has 2 N–H and O–H groups in total. The summed E-state index contributed by atoms with van der Waals surface area (Å²) in [6.07, 6.45) is 0. The van der Waals surface area contributed by atoms with Gasteiger partial charge in [-0.05, 0) is 25.2 Å². The van der Waals surface area contributed by atoms with Crippen LogP contribution in [0.15, 0.2) is 23.1 Å². The zero-order valence-corrected chi connectivity index (χ0v) is 9.31. The van der Waals surface area contributed by atoms with Crippen molar-refractivity contribution in [2.24, 2.45) is 0 Å². The van der Waals surface area contributed by atoms with Gasteiger partial charge < -0.3 is 5.11 Å². The van der Waals surface area contributed by atoms with Crippen LogP contribution in [0.1, 0.15) is 5.56 Å². The van der Waals surface area contributed by atoms with Crippen LogP contribution in [0.5, 0.6) is 0 Å². The van der Waals surface area contributed by atoms with Crippen molar-refractivity contribution >= 4 is 10.0 Å².